The van der Waals surface area contributed by atoms with Gasteiger partial charge in [-0.2, -0.15) is 0 Å². The van der Waals surface area contributed by atoms with Gasteiger partial charge in [0.1, 0.15) is 0 Å². The Morgan fingerprint density at radius 2 is 0.950 bits per heavy atom. The second-order valence-electron chi connectivity index (χ2n) is 4.91. The van der Waals surface area contributed by atoms with E-state index < -0.39 is 0 Å². The quantitative estimate of drug-likeness (QED) is 0.203. The smallest absolute Gasteiger partial charge is 0.0215 e. The maximum atomic E-state index is 2.44. The third kappa shape index (κ3) is 1.84. The van der Waals surface area contributed by atoms with Crippen LogP contribution in [-0.4, -0.2) is 0 Å². The molecule has 0 nitrogen and oxygen atoms in total. The van der Waals surface area contributed by atoms with Crippen LogP contribution in [-0.2, 0) is 0 Å². The number of rotatable bonds is 0. The van der Waals surface area contributed by atoms with Crippen molar-refractivity contribution in [3.63, 3.8) is 0 Å². The maximum absolute atomic E-state index is 2.44. The first-order valence-corrected chi connectivity index (χ1v) is 8.59. The van der Waals surface area contributed by atoms with Crippen LogP contribution in [0.5, 0.6) is 0 Å². The summed E-state index contributed by atoms with van der Waals surface area (Å²) in [5, 5.41) is 8.08. The van der Waals surface area contributed by atoms with Crippen molar-refractivity contribution in [2.45, 2.75) is 0 Å². The van der Waals surface area contributed by atoms with Crippen LogP contribution in [0.1, 0.15) is 0 Å². The van der Waals surface area contributed by atoms with Crippen molar-refractivity contribution >= 4 is 77.5 Å². The molecule has 96 valence electrons. The Balaban J connectivity index is 2.40. The van der Waals surface area contributed by atoms with Gasteiger partial charge < -0.3 is 0 Å². The number of hydrogen-bond acceptors (Lipinski definition) is 0. The Morgan fingerprint density at radius 3 is 1.40 bits per heavy atom. The molecular weight excluding hydrogens is 470 g/mol. The Kier molecular flexibility index (Phi) is 3.11. The molecule has 0 radical (unpaired) electrons. The molecule has 0 saturated carbocycles. The molecule has 4 aromatic rings. The Labute approximate surface area is 144 Å². The summed E-state index contributed by atoms with van der Waals surface area (Å²) in [6.07, 6.45) is 0. The molecule has 0 heterocycles. The van der Waals surface area contributed by atoms with Crippen LogP contribution >= 0.6 is 45.2 Å². The zero-order valence-electron chi connectivity index (χ0n) is 10.5. The zero-order chi connectivity index (χ0) is 13.7. The fourth-order valence-corrected chi connectivity index (χ4v) is 4.50. The first-order valence-electron chi connectivity index (χ1n) is 6.44. The van der Waals surface area contributed by atoms with Gasteiger partial charge in [0.25, 0.3) is 0 Å². The predicted molar refractivity (Wildman–Crippen MR) is 104 cm³/mol. The highest BCUT2D eigenvalue weighted by atomic mass is 127. The highest BCUT2D eigenvalue weighted by molar-refractivity contribution is 14.1. The van der Waals surface area contributed by atoms with E-state index in [1.807, 2.05) is 0 Å². The van der Waals surface area contributed by atoms with Gasteiger partial charge >= 0.3 is 0 Å². The highest BCUT2D eigenvalue weighted by Gasteiger charge is 2.09. The molecule has 0 aliphatic rings. The fourth-order valence-electron chi connectivity index (χ4n) is 2.89. The van der Waals surface area contributed by atoms with E-state index in [1.165, 1.54) is 39.5 Å². The lowest BCUT2D eigenvalue weighted by Gasteiger charge is -2.11. The summed E-state index contributed by atoms with van der Waals surface area (Å²) in [7, 11) is 0. The molecular formula is C18H10I2. The average molecular weight is 480 g/mol. The molecule has 0 spiro atoms. The second-order valence-corrected chi connectivity index (χ2v) is 7.23. The Hall–Kier alpha value is -0.880. The molecule has 0 unspecified atom stereocenters. The molecule has 0 aliphatic carbocycles. The van der Waals surface area contributed by atoms with E-state index in [9.17, 15) is 0 Å². The van der Waals surface area contributed by atoms with Gasteiger partial charge in [0.15, 0.2) is 0 Å². The zero-order valence-corrected chi connectivity index (χ0v) is 14.8. The molecule has 0 aliphatic heterocycles. The molecule has 0 fully saturated rings. The van der Waals surface area contributed by atoms with Crippen LogP contribution in [0, 0.1) is 7.14 Å². The lowest BCUT2D eigenvalue weighted by molar-refractivity contribution is 1.72. The predicted octanol–water partition coefficient (Wildman–Crippen LogP) is 6.36. The van der Waals surface area contributed by atoms with Crippen LogP contribution in [0.3, 0.4) is 0 Å². The van der Waals surface area contributed by atoms with Crippen LogP contribution < -0.4 is 0 Å². The van der Waals surface area contributed by atoms with Crippen molar-refractivity contribution in [3.05, 3.63) is 67.8 Å². The van der Waals surface area contributed by atoms with Crippen molar-refractivity contribution in [3.8, 4) is 0 Å². The minimum atomic E-state index is 1.32. The van der Waals surface area contributed by atoms with Crippen molar-refractivity contribution < 1.29 is 0 Å². The van der Waals surface area contributed by atoms with E-state index in [-0.39, 0.29) is 0 Å². The number of benzene rings is 4. The first-order chi connectivity index (χ1) is 9.75. The summed E-state index contributed by atoms with van der Waals surface area (Å²) in [4.78, 5) is 0. The van der Waals surface area contributed by atoms with Gasteiger partial charge in [0, 0.05) is 7.14 Å². The van der Waals surface area contributed by atoms with Gasteiger partial charge in [-0.25, -0.2) is 0 Å². The monoisotopic (exact) mass is 480 g/mol. The van der Waals surface area contributed by atoms with Crippen LogP contribution in [0.25, 0.3) is 32.3 Å². The summed E-state index contributed by atoms with van der Waals surface area (Å²) in [5.74, 6) is 0. The normalized spacial score (nSPS) is 11.5. The minimum Gasteiger partial charge on any atom is -0.0616 e. The van der Waals surface area contributed by atoms with Crippen LogP contribution in [0.15, 0.2) is 60.7 Å². The van der Waals surface area contributed by atoms with Gasteiger partial charge in [-0.15, -0.1) is 0 Å². The summed E-state index contributed by atoms with van der Waals surface area (Å²) < 4.78 is 2.63. The molecule has 0 N–H and O–H groups in total. The average Bonchev–Trinajstić information content (AvgIpc) is 2.47. The molecule has 0 amide bonds. The van der Waals surface area contributed by atoms with E-state index >= 15 is 0 Å². The third-order valence-corrected chi connectivity index (χ3v) is 5.55. The summed E-state index contributed by atoms with van der Waals surface area (Å²) in [6.45, 7) is 0. The number of fused-ring (bicyclic) bond motifs is 5. The SMILES string of the molecule is Ic1cc2cc(I)c3ccccc3c2c2ccccc12. The van der Waals surface area contributed by atoms with E-state index in [0.29, 0.717) is 0 Å². The van der Waals surface area contributed by atoms with Crippen molar-refractivity contribution in [1.82, 2.24) is 0 Å². The molecule has 0 atom stereocenters. The van der Waals surface area contributed by atoms with E-state index in [2.05, 4.69) is 106 Å². The van der Waals surface area contributed by atoms with Gasteiger partial charge in [-0.05, 0) is 89.6 Å². The van der Waals surface area contributed by atoms with Crippen molar-refractivity contribution in [1.29, 1.82) is 0 Å². The lowest BCUT2D eigenvalue weighted by atomic mass is 9.96. The van der Waals surface area contributed by atoms with Gasteiger partial charge in [-0.1, -0.05) is 48.5 Å². The first kappa shape index (κ1) is 12.8. The summed E-state index contributed by atoms with van der Waals surface area (Å²) >= 11 is 4.88. The number of hydrogen-bond donors (Lipinski definition) is 0. The molecule has 0 bridgehead atoms. The molecule has 4 aromatic carbocycles. The second kappa shape index (κ2) is 4.84. The lowest BCUT2D eigenvalue weighted by Crippen LogP contribution is -1.86. The van der Waals surface area contributed by atoms with Crippen LogP contribution in [0.4, 0.5) is 0 Å². The largest absolute Gasteiger partial charge is 0.0616 e. The molecule has 20 heavy (non-hydrogen) atoms. The topological polar surface area (TPSA) is 0 Å². The minimum absolute atomic E-state index is 1.32. The standard InChI is InChI=1S/C18H10I2/c19-16-9-11-10-17(20)13-6-2-4-8-15(13)18(11)14-7-3-1-5-12(14)16/h1-10H. The summed E-state index contributed by atoms with van der Waals surface area (Å²) in [5.41, 5.74) is 0. The maximum Gasteiger partial charge on any atom is 0.0215 e. The van der Waals surface area contributed by atoms with E-state index in [1.54, 1.807) is 0 Å². The molecule has 4 rings (SSSR count). The van der Waals surface area contributed by atoms with Crippen LogP contribution in [0.2, 0.25) is 0 Å². The summed E-state index contributed by atoms with van der Waals surface area (Å²) in [6, 6.07) is 22.0. The van der Waals surface area contributed by atoms with Crippen molar-refractivity contribution in [2.75, 3.05) is 0 Å². The molecule has 0 aromatic heterocycles. The molecule has 2 heteroatoms. The van der Waals surface area contributed by atoms with E-state index in [4.69, 9.17) is 0 Å². The van der Waals surface area contributed by atoms with Gasteiger partial charge in [0.05, 0.1) is 0 Å². The van der Waals surface area contributed by atoms with Gasteiger partial charge in [0.2, 0.25) is 0 Å². The Morgan fingerprint density at radius 1 is 0.550 bits per heavy atom. The number of halogens is 2. The highest BCUT2D eigenvalue weighted by Crippen LogP contribution is 2.36. The van der Waals surface area contributed by atoms with E-state index in [0.717, 1.165) is 0 Å². The van der Waals surface area contributed by atoms with Crippen molar-refractivity contribution in [2.24, 2.45) is 0 Å². The third-order valence-electron chi connectivity index (χ3n) is 3.76. The molecule has 0 saturated heterocycles. The Bertz CT molecular complexity index is 894. The van der Waals surface area contributed by atoms with Gasteiger partial charge in [-0.3, -0.25) is 0 Å². The fraction of sp³-hybridized carbons (Fsp3) is 0.